The molecule has 3 aromatic rings. The van der Waals surface area contributed by atoms with Crippen LogP contribution in [0.1, 0.15) is 35.6 Å². The molecule has 1 saturated heterocycles. The Labute approximate surface area is 205 Å². The molecule has 5 rings (SSSR count). The summed E-state index contributed by atoms with van der Waals surface area (Å²) in [6.07, 6.45) is 6.30. The molecule has 0 aromatic carbocycles. The zero-order chi connectivity index (χ0) is 24.7. The Hall–Kier alpha value is -3.60. The minimum Gasteiger partial charge on any atom is -0.481 e. The van der Waals surface area contributed by atoms with Crippen molar-refractivity contribution >= 4 is 23.4 Å². The number of rotatable bonds is 6. The summed E-state index contributed by atoms with van der Waals surface area (Å²) < 4.78 is 19.4. The zero-order valence-electron chi connectivity index (χ0n) is 18.9. The Balaban J connectivity index is 1.40. The van der Waals surface area contributed by atoms with Crippen molar-refractivity contribution in [3.8, 4) is 17.1 Å². The number of amides is 2. The van der Waals surface area contributed by atoms with E-state index in [9.17, 15) is 14.0 Å². The van der Waals surface area contributed by atoms with Crippen molar-refractivity contribution in [2.45, 2.75) is 31.2 Å². The molecule has 2 aliphatic rings. The smallest absolute Gasteiger partial charge is 0.274 e. The van der Waals surface area contributed by atoms with E-state index in [2.05, 4.69) is 25.1 Å². The van der Waals surface area contributed by atoms with Gasteiger partial charge in [-0.15, -0.1) is 0 Å². The van der Waals surface area contributed by atoms with Crippen LogP contribution in [-0.2, 0) is 11.2 Å². The first-order valence-corrected chi connectivity index (χ1v) is 11.5. The summed E-state index contributed by atoms with van der Waals surface area (Å²) >= 11 is 5.89. The highest BCUT2D eigenvalue weighted by Gasteiger charge is 2.62. The number of nitrogens with two attached hydrogens (primary N) is 1. The highest BCUT2D eigenvalue weighted by molar-refractivity contribution is 6.30. The second-order valence-electron chi connectivity index (χ2n) is 8.95. The van der Waals surface area contributed by atoms with Gasteiger partial charge in [-0.05, 0) is 31.2 Å². The molecule has 2 fully saturated rings. The predicted molar refractivity (Wildman–Crippen MR) is 123 cm³/mol. The number of H-pyrrole nitrogens is 1. The number of carbonyl (C=O) groups is 2. The molecule has 1 saturated carbocycles. The number of halogens is 2. The largest absolute Gasteiger partial charge is 0.481 e. The maximum absolute atomic E-state index is 14.4. The molecule has 12 heteroatoms. The third kappa shape index (κ3) is 4.31. The molecule has 3 unspecified atom stereocenters. The van der Waals surface area contributed by atoms with E-state index < -0.39 is 11.4 Å². The zero-order valence-corrected chi connectivity index (χ0v) is 19.6. The van der Waals surface area contributed by atoms with Gasteiger partial charge in [0, 0.05) is 48.4 Å². The van der Waals surface area contributed by atoms with Crippen LogP contribution in [0.25, 0.3) is 11.3 Å². The molecular formula is C23H23ClFN7O3. The quantitative estimate of drug-likeness (QED) is 0.530. The number of aromatic amines is 1. The number of primary amides is 1. The summed E-state index contributed by atoms with van der Waals surface area (Å²) in [4.78, 5) is 39.7. The average molecular weight is 500 g/mol. The molecule has 4 heterocycles. The fourth-order valence-electron chi connectivity index (χ4n) is 5.01. The molecule has 35 heavy (non-hydrogen) atoms. The third-order valence-electron chi connectivity index (χ3n) is 6.92. The van der Waals surface area contributed by atoms with Gasteiger partial charge in [0.15, 0.2) is 11.5 Å². The summed E-state index contributed by atoms with van der Waals surface area (Å²) in [5, 5.41) is 7.34. The molecule has 10 nitrogen and oxygen atoms in total. The van der Waals surface area contributed by atoms with Crippen LogP contribution in [0.15, 0.2) is 30.7 Å². The minimum absolute atomic E-state index is 0.0649. The number of piperidine rings is 1. The molecular weight excluding hydrogens is 477 g/mol. The summed E-state index contributed by atoms with van der Waals surface area (Å²) in [6, 6.07) is 2.94. The lowest BCUT2D eigenvalue weighted by molar-refractivity contribution is -0.124. The molecule has 3 aromatic heterocycles. The van der Waals surface area contributed by atoms with Crippen molar-refractivity contribution in [1.29, 1.82) is 0 Å². The number of pyridine rings is 1. The van der Waals surface area contributed by atoms with Gasteiger partial charge in [0.05, 0.1) is 24.0 Å². The highest BCUT2D eigenvalue weighted by Crippen LogP contribution is 2.56. The Kier molecular flexibility index (Phi) is 5.87. The monoisotopic (exact) mass is 499 g/mol. The lowest BCUT2D eigenvalue weighted by atomic mass is 9.86. The van der Waals surface area contributed by atoms with Gasteiger partial charge in [-0.3, -0.25) is 14.7 Å². The Morgan fingerprint density at radius 2 is 2.03 bits per heavy atom. The number of hydrogen-bond acceptors (Lipinski definition) is 7. The van der Waals surface area contributed by atoms with E-state index in [0.29, 0.717) is 48.8 Å². The van der Waals surface area contributed by atoms with Crippen LogP contribution in [-0.4, -0.2) is 61.1 Å². The summed E-state index contributed by atoms with van der Waals surface area (Å²) in [7, 11) is 1.43. The number of carbonyl (C=O) groups excluding carboxylic acids is 2. The molecule has 182 valence electrons. The predicted octanol–water partition coefficient (Wildman–Crippen LogP) is 2.40. The number of nitrogens with one attached hydrogen (secondary N) is 1. The van der Waals surface area contributed by atoms with E-state index in [4.69, 9.17) is 22.1 Å². The molecule has 0 bridgehead atoms. The molecule has 2 amide bonds. The first-order valence-electron chi connectivity index (χ1n) is 11.1. The van der Waals surface area contributed by atoms with Crippen molar-refractivity contribution in [1.82, 2.24) is 30.0 Å². The SMILES string of the molecule is COc1cc(-c2cc(C(=O)N3CCC(C(N)=O)CC34CC4Cc3ncc(Cl)cn3)n[nH]2)c(F)cn1. The van der Waals surface area contributed by atoms with Crippen LogP contribution in [0.2, 0.25) is 5.02 Å². The van der Waals surface area contributed by atoms with Gasteiger partial charge in [0.2, 0.25) is 11.8 Å². The first-order chi connectivity index (χ1) is 16.8. The number of likely N-dealkylation sites (tertiary alicyclic amines) is 1. The van der Waals surface area contributed by atoms with Crippen LogP contribution in [0.5, 0.6) is 5.88 Å². The van der Waals surface area contributed by atoms with Crippen LogP contribution >= 0.6 is 11.6 Å². The number of aromatic nitrogens is 5. The summed E-state index contributed by atoms with van der Waals surface area (Å²) in [6.45, 7) is 0.365. The topological polar surface area (TPSA) is 140 Å². The third-order valence-corrected chi connectivity index (χ3v) is 7.11. The van der Waals surface area contributed by atoms with E-state index in [1.165, 1.54) is 31.6 Å². The molecule has 1 aliphatic heterocycles. The lowest BCUT2D eigenvalue weighted by Gasteiger charge is -2.40. The molecule has 0 radical (unpaired) electrons. The molecule has 3 N–H and O–H groups in total. The van der Waals surface area contributed by atoms with Crippen molar-refractivity contribution in [2.24, 2.45) is 17.6 Å². The lowest BCUT2D eigenvalue weighted by Crippen LogP contribution is -2.51. The number of methoxy groups -OCH3 is 1. The normalized spacial score (nSPS) is 23.3. The molecule has 1 spiro atoms. The Morgan fingerprint density at radius 1 is 1.26 bits per heavy atom. The maximum Gasteiger partial charge on any atom is 0.274 e. The highest BCUT2D eigenvalue weighted by atomic mass is 35.5. The fourth-order valence-corrected chi connectivity index (χ4v) is 5.11. The maximum atomic E-state index is 14.4. The first kappa shape index (κ1) is 23.2. The second-order valence-corrected chi connectivity index (χ2v) is 9.38. The fraction of sp³-hybridized carbons (Fsp3) is 0.391. The van der Waals surface area contributed by atoms with Gasteiger partial charge in [0.25, 0.3) is 5.91 Å². The van der Waals surface area contributed by atoms with E-state index in [1.54, 1.807) is 4.90 Å². The van der Waals surface area contributed by atoms with Crippen molar-refractivity contribution in [2.75, 3.05) is 13.7 Å². The van der Waals surface area contributed by atoms with Gasteiger partial charge in [-0.1, -0.05) is 11.6 Å². The van der Waals surface area contributed by atoms with E-state index in [0.717, 1.165) is 6.20 Å². The Morgan fingerprint density at radius 3 is 2.74 bits per heavy atom. The standard InChI is InChI=1S/C23H23ClFN7O3/c1-35-20-5-15(16(25)11-29-20)17-6-18(31-30-17)22(34)32-3-2-12(21(26)33)7-23(32)8-13(23)4-19-27-9-14(24)10-28-19/h5-6,9-13H,2-4,7-8H2,1H3,(H2,26,33)(H,30,31). The second kappa shape index (κ2) is 8.88. The number of ether oxygens (including phenoxy) is 1. The van der Waals surface area contributed by atoms with Gasteiger partial charge < -0.3 is 15.4 Å². The van der Waals surface area contributed by atoms with Gasteiger partial charge >= 0.3 is 0 Å². The van der Waals surface area contributed by atoms with Crippen LogP contribution in [0.3, 0.4) is 0 Å². The van der Waals surface area contributed by atoms with Crippen molar-refractivity contribution < 1.29 is 18.7 Å². The average Bonchev–Trinajstić information content (AvgIpc) is 3.27. The van der Waals surface area contributed by atoms with E-state index in [1.807, 2.05) is 0 Å². The van der Waals surface area contributed by atoms with E-state index >= 15 is 0 Å². The summed E-state index contributed by atoms with van der Waals surface area (Å²) in [5.41, 5.74) is 5.75. The Bertz CT molecular complexity index is 1280. The van der Waals surface area contributed by atoms with Crippen LogP contribution < -0.4 is 10.5 Å². The van der Waals surface area contributed by atoms with Crippen molar-refractivity contribution in [3.63, 3.8) is 0 Å². The van der Waals surface area contributed by atoms with Gasteiger partial charge in [-0.25, -0.2) is 19.3 Å². The number of nitrogens with zero attached hydrogens (tertiary/aromatic N) is 5. The van der Waals surface area contributed by atoms with Crippen LogP contribution in [0.4, 0.5) is 4.39 Å². The molecule has 1 aliphatic carbocycles. The number of hydrogen-bond donors (Lipinski definition) is 2. The van der Waals surface area contributed by atoms with Crippen LogP contribution in [0, 0.1) is 17.7 Å². The minimum atomic E-state index is -0.572. The van der Waals surface area contributed by atoms with Gasteiger partial charge in [0.1, 0.15) is 5.82 Å². The molecule has 3 atom stereocenters. The summed E-state index contributed by atoms with van der Waals surface area (Å²) in [5.74, 6) is -0.628. The van der Waals surface area contributed by atoms with E-state index in [-0.39, 0.29) is 40.8 Å². The van der Waals surface area contributed by atoms with Gasteiger partial charge in [-0.2, -0.15) is 5.10 Å². The van der Waals surface area contributed by atoms with Crippen molar-refractivity contribution in [3.05, 3.63) is 53.1 Å².